The molecular weight excluding hydrogens is 208 g/mol. The van der Waals surface area contributed by atoms with Crippen molar-refractivity contribution in [3.8, 4) is 0 Å². The molecule has 1 aliphatic heterocycles. The van der Waals surface area contributed by atoms with Gasteiger partial charge in [-0.1, -0.05) is 26.0 Å². The first-order valence-corrected chi connectivity index (χ1v) is 6.80. The van der Waals surface area contributed by atoms with Gasteiger partial charge in [-0.25, -0.2) is 0 Å². The molecule has 0 aromatic heterocycles. The molecule has 0 saturated carbocycles. The van der Waals surface area contributed by atoms with Crippen molar-refractivity contribution in [1.82, 2.24) is 0 Å². The summed E-state index contributed by atoms with van der Waals surface area (Å²) in [5.74, 6) is 0.579. The van der Waals surface area contributed by atoms with Crippen LogP contribution in [0.3, 0.4) is 0 Å². The summed E-state index contributed by atoms with van der Waals surface area (Å²) in [4.78, 5) is 2.50. The fourth-order valence-corrected chi connectivity index (χ4v) is 2.57. The summed E-state index contributed by atoms with van der Waals surface area (Å²) in [6.07, 6.45) is 4.00. The molecule has 0 bridgehead atoms. The molecule has 0 atom stereocenters. The van der Waals surface area contributed by atoms with Gasteiger partial charge < -0.3 is 10.6 Å². The van der Waals surface area contributed by atoms with Gasteiger partial charge in [0.25, 0.3) is 0 Å². The zero-order valence-electron chi connectivity index (χ0n) is 11.1. The van der Waals surface area contributed by atoms with Crippen LogP contribution in [0.5, 0.6) is 0 Å². The first kappa shape index (κ1) is 12.4. The highest BCUT2D eigenvalue weighted by Gasteiger charge is 2.14. The SMILES string of the molecule is CC(C)c1ccc(N2CCCCC2)c(CN)c1. The smallest absolute Gasteiger partial charge is 0.0411 e. The Morgan fingerprint density at radius 2 is 1.88 bits per heavy atom. The van der Waals surface area contributed by atoms with Gasteiger partial charge in [0.15, 0.2) is 0 Å². The summed E-state index contributed by atoms with van der Waals surface area (Å²) in [6.45, 7) is 7.49. The average Bonchev–Trinajstić information content (AvgIpc) is 2.39. The van der Waals surface area contributed by atoms with Crippen LogP contribution in [-0.2, 0) is 6.54 Å². The summed E-state index contributed by atoms with van der Waals surface area (Å²) in [7, 11) is 0. The predicted molar refractivity (Wildman–Crippen MR) is 74.5 cm³/mol. The topological polar surface area (TPSA) is 29.3 Å². The van der Waals surface area contributed by atoms with Gasteiger partial charge in [-0.15, -0.1) is 0 Å². The monoisotopic (exact) mass is 232 g/mol. The minimum Gasteiger partial charge on any atom is -0.371 e. The van der Waals surface area contributed by atoms with Gasteiger partial charge in [-0.2, -0.15) is 0 Å². The van der Waals surface area contributed by atoms with Crippen molar-refractivity contribution in [1.29, 1.82) is 0 Å². The molecule has 2 nitrogen and oxygen atoms in total. The zero-order valence-corrected chi connectivity index (χ0v) is 11.1. The maximum absolute atomic E-state index is 5.90. The van der Waals surface area contributed by atoms with Crippen LogP contribution in [0.15, 0.2) is 18.2 Å². The first-order chi connectivity index (χ1) is 8.22. The maximum Gasteiger partial charge on any atom is 0.0411 e. The third kappa shape index (κ3) is 2.81. The lowest BCUT2D eigenvalue weighted by Gasteiger charge is -2.31. The van der Waals surface area contributed by atoms with E-state index in [2.05, 4.69) is 36.9 Å². The lowest BCUT2D eigenvalue weighted by molar-refractivity contribution is 0.576. The molecule has 0 amide bonds. The van der Waals surface area contributed by atoms with Crippen molar-refractivity contribution < 1.29 is 0 Å². The Bertz CT molecular complexity index is 365. The Labute approximate surface area is 105 Å². The summed E-state index contributed by atoms with van der Waals surface area (Å²) in [5.41, 5.74) is 9.96. The van der Waals surface area contributed by atoms with E-state index in [4.69, 9.17) is 5.73 Å². The highest BCUT2D eigenvalue weighted by atomic mass is 15.1. The Morgan fingerprint density at radius 1 is 1.18 bits per heavy atom. The Kier molecular flexibility index (Phi) is 4.06. The summed E-state index contributed by atoms with van der Waals surface area (Å²) < 4.78 is 0. The van der Waals surface area contributed by atoms with Crippen molar-refractivity contribution in [3.63, 3.8) is 0 Å². The van der Waals surface area contributed by atoms with Crippen molar-refractivity contribution in [2.75, 3.05) is 18.0 Å². The number of nitrogens with two attached hydrogens (primary N) is 1. The van der Waals surface area contributed by atoms with Crippen molar-refractivity contribution >= 4 is 5.69 Å². The Morgan fingerprint density at radius 3 is 2.47 bits per heavy atom. The zero-order chi connectivity index (χ0) is 12.3. The largest absolute Gasteiger partial charge is 0.371 e. The molecule has 0 unspecified atom stereocenters. The number of nitrogens with zero attached hydrogens (tertiary/aromatic N) is 1. The quantitative estimate of drug-likeness (QED) is 0.866. The normalized spacial score (nSPS) is 16.6. The third-order valence-corrected chi connectivity index (χ3v) is 3.69. The molecule has 17 heavy (non-hydrogen) atoms. The van der Waals surface area contributed by atoms with E-state index in [1.165, 1.54) is 49.2 Å². The molecule has 0 spiro atoms. The Balaban J connectivity index is 2.26. The second kappa shape index (κ2) is 5.54. The van der Waals surface area contributed by atoms with Gasteiger partial charge in [0.2, 0.25) is 0 Å². The molecule has 1 aromatic rings. The van der Waals surface area contributed by atoms with E-state index < -0.39 is 0 Å². The van der Waals surface area contributed by atoms with Crippen molar-refractivity contribution in [2.45, 2.75) is 45.6 Å². The molecule has 94 valence electrons. The molecule has 2 N–H and O–H groups in total. The average molecular weight is 232 g/mol. The van der Waals surface area contributed by atoms with Crippen LogP contribution >= 0.6 is 0 Å². The fraction of sp³-hybridized carbons (Fsp3) is 0.600. The van der Waals surface area contributed by atoms with E-state index in [1.807, 2.05) is 0 Å². The molecule has 1 saturated heterocycles. The maximum atomic E-state index is 5.90. The molecule has 2 heteroatoms. The lowest BCUT2D eigenvalue weighted by atomic mass is 9.98. The van der Waals surface area contributed by atoms with E-state index in [0.717, 1.165) is 0 Å². The van der Waals surface area contributed by atoms with E-state index in [0.29, 0.717) is 12.5 Å². The number of anilines is 1. The minimum absolute atomic E-state index is 0.579. The highest BCUT2D eigenvalue weighted by molar-refractivity contribution is 5.55. The van der Waals surface area contributed by atoms with Crippen LogP contribution in [0.25, 0.3) is 0 Å². The number of rotatable bonds is 3. The molecule has 1 fully saturated rings. The van der Waals surface area contributed by atoms with E-state index in [9.17, 15) is 0 Å². The van der Waals surface area contributed by atoms with Gasteiger partial charge in [0.05, 0.1) is 0 Å². The predicted octanol–water partition coefficient (Wildman–Crippen LogP) is 3.26. The van der Waals surface area contributed by atoms with Crippen LogP contribution in [0.4, 0.5) is 5.69 Å². The second-order valence-electron chi connectivity index (χ2n) is 5.29. The summed E-state index contributed by atoms with van der Waals surface area (Å²) in [6, 6.07) is 6.81. The second-order valence-corrected chi connectivity index (χ2v) is 5.29. The molecule has 1 heterocycles. The Hall–Kier alpha value is -1.02. The minimum atomic E-state index is 0.579. The molecule has 0 radical (unpaired) electrons. The first-order valence-electron chi connectivity index (χ1n) is 6.80. The summed E-state index contributed by atoms with van der Waals surface area (Å²) >= 11 is 0. The van der Waals surface area contributed by atoms with Gasteiger partial charge in [-0.05, 0) is 42.4 Å². The van der Waals surface area contributed by atoms with Gasteiger partial charge in [-0.3, -0.25) is 0 Å². The number of piperidine rings is 1. The van der Waals surface area contributed by atoms with E-state index in [1.54, 1.807) is 0 Å². The van der Waals surface area contributed by atoms with Crippen LogP contribution in [0.1, 0.15) is 50.2 Å². The standard InChI is InChI=1S/C15H24N2/c1-12(2)13-6-7-15(14(10-13)11-16)17-8-4-3-5-9-17/h6-7,10,12H,3-5,8-9,11,16H2,1-2H3. The summed E-state index contributed by atoms with van der Waals surface area (Å²) in [5, 5.41) is 0. The molecule has 2 rings (SSSR count). The van der Waals surface area contributed by atoms with Crippen LogP contribution in [0.2, 0.25) is 0 Å². The van der Waals surface area contributed by atoms with Gasteiger partial charge >= 0.3 is 0 Å². The van der Waals surface area contributed by atoms with Gasteiger partial charge in [0, 0.05) is 25.3 Å². The van der Waals surface area contributed by atoms with Gasteiger partial charge in [0.1, 0.15) is 0 Å². The molecule has 1 aromatic carbocycles. The van der Waals surface area contributed by atoms with Crippen LogP contribution in [0, 0.1) is 0 Å². The van der Waals surface area contributed by atoms with Crippen molar-refractivity contribution in [2.24, 2.45) is 5.73 Å². The van der Waals surface area contributed by atoms with E-state index in [-0.39, 0.29) is 0 Å². The van der Waals surface area contributed by atoms with E-state index >= 15 is 0 Å². The number of hydrogen-bond acceptors (Lipinski definition) is 2. The third-order valence-electron chi connectivity index (χ3n) is 3.69. The molecule has 1 aliphatic rings. The number of hydrogen-bond donors (Lipinski definition) is 1. The van der Waals surface area contributed by atoms with Crippen LogP contribution in [-0.4, -0.2) is 13.1 Å². The highest BCUT2D eigenvalue weighted by Crippen LogP contribution is 2.27. The lowest BCUT2D eigenvalue weighted by Crippen LogP contribution is -2.30. The molecular formula is C15H24N2. The van der Waals surface area contributed by atoms with Crippen molar-refractivity contribution in [3.05, 3.63) is 29.3 Å². The van der Waals surface area contributed by atoms with Crippen LogP contribution < -0.4 is 10.6 Å². The number of benzene rings is 1. The molecule has 0 aliphatic carbocycles. The fourth-order valence-electron chi connectivity index (χ4n) is 2.57.